The quantitative estimate of drug-likeness (QED) is 0.118. The summed E-state index contributed by atoms with van der Waals surface area (Å²) in [6.45, 7) is 2.46. The lowest BCUT2D eigenvalue weighted by atomic mass is 10.1. The largest absolute Gasteiger partial charge is 0.493 e. The molecule has 184 valence electrons. The Morgan fingerprint density at radius 2 is 1.92 bits per heavy atom. The molecular weight excluding hydrogens is 611 g/mol. The van der Waals surface area contributed by atoms with Crippen LogP contribution >= 0.6 is 45.5 Å². The normalized spacial score (nSPS) is 10.9. The number of methoxy groups -OCH3 is 1. The highest BCUT2D eigenvalue weighted by molar-refractivity contribution is 14.1. The molecule has 10 heteroatoms. The van der Waals surface area contributed by atoms with Crippen molar-refractivity contribution in [3.63, 3.8) is 0 Å². The van der Waals surface area contributed by atoms with Crippen LogP contribution in [-0.2, 0) is 0 Å². The predicted octanol–water partition coefficient (Wildman–Crippen LogP) is 6.98. The van der Waals surface area contributed by atoms with Gasteiger partial charge >= 0.3 is 0 Å². The Hall–Kier alpha value is -3.15. The van der Waals surface area contributed by atoms with Crippen LogP contribution in [0.3, 0.4) is 0 Å². The zero-order chi connectivity index (χ0) is 25.5. The van der Waals surface area contributed by atoms with E-state index in [4.69, 9.17) is 21.1 Å². The Bertz CT molecular complexity index is 1380. The monoisotopic (exact) mass is 632 g/mol. The second-order valence-corrected chi connectivity index (χ2v) is 9.87. The highest BCUT2D eigenvalue weighted by atomic mass is 127. The van der Waals surface area contributed by atoms with Crippen LogP contribution in [0.5, 0.6) is 11.5 Å². The maximum Gasteiger partial charge on any atom is 0.271 e. The van der Waals surface area contributed by atoms with Gasteiger partial charge in [-0.05, 0) is 83.6 Å². The number of carbonyl (C=O) groups excluding carboxylic acids is 1. The summed E-state index contributed by atoms with van der Waals surface area (Å²) in [7, 11) is 1.59. The van der Waals surface area contributed by atoms with Gasteiger partial charge in [0.05, 0.1) is 29.2 Å². The lowest BCUT2D eigenvalue weighted by Crippen LogP contribution is -2.17. The number of thiazole rings is 1. The van der Waals surface area contributed by atoms with Gasteiger partial charge in [0.15, 0.2) is 16.6 Å². The van der Waals surface area contributed by atoms with Gasteiger partial charge in [0.2, 0.25) is 0 Å². The Morgan fingerprint density at radius 3 is 2.61 bits per heavy atom. The molecule has 0 aliphatic heterocycles. The van der Waals surface area contributed by atoms with Crippen molar-refractivity contribution in [2.24, 2.45) is 5.10 Å². The van der Waals surface area contributed by atoms with Crippen LogP contribution in [0.25, 0.3) is 11.3 Å². The molecule has 0 saturated carbocycles. The SMILES string of the molecule is CCOc1c(I)cc(/C=N\NC(=O)c2ccc(-c3csc(Nc4ccc(Cl)cc4)n3)cc2)cc1OC. The predicted molar refractivity (Wildman–Crippen MR) is 154 cm³/mol. The maximum absolute atomic E-state index is 12.5. The molecule has 1 aromatic heterocycles. The van der Waals surface area contributed by atoms with Gasteiger partial charge in [-0.1, -0.05) is 23.7 Å². The van der Waals surface area contributed by atoms with E-state index in [2.05, 4.69) is 43.4 Å². The molecule has 1 amide bonds. The van der Waals surface area contributed by atoms with E-state index in [0.717, 1.165) is 31.2 Å². The van der Waals surface area contributed by atoms with Crippen molar-refractivity contribution in [3.05, 3.63) is 85.8 Å². The molecule has 2 N–H and O–H groups in total. The summed E-state index contributed by atoms with van der Waals surface area (Å²) >= 11 is 9.62. The minimum absolute atomic E-state index is 0.311. The van der Waals surface area contributed by atoms with E-state index in [9.17, 15) is 4.79 Å². The first-order valence-electron chi connectivity index (χ1n) is 10.9. The molecule has 1 heterocycles. The highest BCUT2D eigenvalue weighted by Gasteiger charge is 2.11. The number of hydrazone groups is 1. The second kappa shape index (κ2) is 12.2. The third-order valence-corrected chi connectivity index (χ3v) is 6.77. The second-order valence-electron chi connectivity index (χ2n) is 7.41. The topological polar surface area (TPSA) is 84.8 Å². The maximum atomic E-state index is 12.5. The molecule has 0 atom stereocenters. The molecule has 0 unspecified atom stereocenters. The minimum Gasteiger partial charge on any atom is -0.493 e. The van der Waals surface area contributed by atoms with Crippen LogP contribution in [0.4, 0.5) is 10.8 Å². The fraction of sp³-hybridized carbons (Fsp3) is 0.115. The highest BCUT2D eigenvalue weighted by Crippen LogP contribution is 2.33. The molecule has 0 fully saturated rings. The van der Waals surface area contributed by atoms with Gasteiger partial charge < -0.3 is 14.8 Å². The first kappa shape index (κ1) is 25.9. The average molecular weight is 633 g/mol. The molecule has 0 saturated heterocycles. The standard InChI is InChI=1S/C26H22ClIN4O3S/c1-3-35-24-21(28)12-16(13-23(24)34-2)14-29-32-25(33)18-6-4-17(5-7-18)22-15-36-26(31-22)30-20-10-8-19(27)9-11-20/h4-15H,3H2,1-2H3,(H,30,31)(H,32,33)/b29-14-. The molecule has 4 aromatic rings. The summed E-state index contributed by atoms with van der Waals surface area (Å²) in [5.41, 5.74) is 6.47. The van der Waals surface area contributed by atoms with Crippen LogP contribution in [0.15, 0.2) is 71.1 Å². The lowest BCUT2D eigenvalue weighted by molar-refractivity contribution is 0.0955. The van der Waals surface area contributed by atoms with Crippen molar-refractivity contribution in [1.29, 1.82) is 0 Å². The molecule has 0 radical (unpaired) electrons. The number of ether oxygens (including phenoxy) is 2. The molecular formula is C26H22ClIN4O3S. The molecule has 0 spiro atoms. The summed E-state index contributed by atoms with van der Waals surface area (Å²) in [6, 6.07) is 18.4. The lowest BCUT2D eigenvalue weighted by Gasteiger charge is -2.12. The molecule has 36 heavy (non-hydrogen) atoms. The molecule has 0 aliphatic carbocycles. The molecule has 3 aromatic carbocycles. The number of rotatable bonds is 9. The van der Waals surface area contributed by atoms with E-state index in [0.29, 0.717) is 28.7 Å². The number of nitrogens with one attached hydrogen (secondary N) is 2. The van der Waals surface area contributed by atoms with Gasteiger partial charge in [0.1, 0.15) is 0 Å². The number of hydrogen-bond acceptors (Lipinski definition) is 7. The molecule has 7 nitrogen and oxygen atoms in total. The van der Waals surface area contributed by atoms with E-state index in [1.165, 1.54) is 11.3 Å². The third kappa shape index (κ3) is 6.54. The van der Waals surface area contributed by atoms with Crippen LogP contribution in [0, 0.1) is 3.57 Å². The average Bonchev–Trinajstić information content (AvgIpc) is 3.35. The van der Waals surface area contributed by atoms with Crippen LogP contribution < -0.4 is 20.2 Å². The summed E-state index contributed by atoms with van der Waals surface area (Å²) in [6.07, 6.45) is 1.57. The minimum atomic E-state index is -0.311. The van der Waals surface area contributed by atoms with E-state index < -0.39 is 0 Å². The fourth-order valence-corrected chi connectivity index (χ4v) is 4.89. The smallest absolute Gasteiger partial charge is 0.271 e. The number of amides is 1. The van der Waals surface area contributed by atoms with Crippen molar-refractivity contribution in [2.75, 3.05) is 19.0 Å². The van der Waals surface area contributed by atoms with Crippen LogP contribution in [-0.4, -0.2) is 30.8 Å². The fourth-order valence-electron chi connectivity index (χ4n) is 3.24. The number of carbonyl (C=O) groups is 1. The number of hydrogen-bond donors (Lipinski definition) is 2. The Morgan fingerprint density at radius 1 is 1.17 bits per heavy atom. The van der Waals surface area contributed by atoms with Crippen LogP contribution in [0.2, 0.25) is 5.02 Å². The summed E-state index contributed by atoms with van der Waals surface area (Å²) in [4.78, 5) is 17.2. The summed E-state index contributed by atoms with van der Waals surface area (Å²) in [5.74, 6) is 0.990. The van der Waals surface area contributed by atoms with Gasteiger partial charge in [0.25, 0.3) is 5.91 Å². The first-order valence-corrected chi connectivity index (χ1v) is 13.2. The number of halogens is 2. The van der Waals surface area contributed by atoms with Crippen molar-refractivity contribution in [2.45, 2.75) is 6.92 Å². The van der Waals surface area contributed by atoms with Crippen molar-refractivity contribution >= 4 is 68.5 Å². The molecule has 0 aliphatic rings. The number of nitrogens with zero attached hydrogens (tertiary/aromatic N) is 2. The Kier molecular flexibility index (Phi) is 8.79. The zero-order valence-corrected chi connectivity index (χ0v) is 23.1. The van der Waals surface area contributed by atoms with Gasteiger partial charge in [-0.25, -0.2) is 10.4 Å². The Labute approximate surface area is 231 Å². The number of benzene rings is 3. The summed E-state index contributed by atoms with van der Waals surface area (Å²) < 4.78 is 11.9. The van der Waals surface area contributed by atoms with Gasteiger partial charge in [0, 0.05) is 27.2 Å². The van der Waals surface area contributed by atoms with Crippen molar-refractivity contribution in [1.82, 2.24) is 10.4 Å². The number of anilines is 2. The summed E-state index contributed by atoms with van der Waals surface area (Å²) in [5, 5.41) is 10.8. The van der Waals surface area contributed by atoms with Crippen LogP contribution in [0.1, 0.15) is 22.8 Å². The van der Waals surface area contributed by atoms with E-state index in [-0.39, 0.29) is 5.91 Å². The number of aromatic nitrogens is 1. The van der Waals surface area contributed by atoms with Gasteiger partial charge in [-0.3, -0.25) is 4.79 Å². The first-order chi connectivity index (χ1) is 17.5. The molecule has 4 rings (SSSR count). The van der Waals surface area contributed by atoms with Crippen molar-refractivity contribution in [3.8, 4) is 22.8 Å². The zero-order valence-electron chi connectivity index (χ0n) is 19.4. The third-order valence-electron chi connectivity index (χ3n) is 4.96. The van der Waals surface area contributed by atoms with E-state index in [1.807, 2.05) is 60.8 Å². The Balaban J connectivity index is 1.38. The van der Waals surface area contributed by atoms with Crippen molar-refractivity contribution < 1.29 is 14.3 Å². The van der Waals surface area contributed by atoms with Gasteiger partial charge in [-0.15, -0.1) is 11.3 Å². The van der Waals surface area contributed by atoms with E-state index >= 15 is 0 Å². The van der Waals surface area contributed by atoms with Gasteiger partial charge in [-0.2, -0.15) is 5.10 Å². The molecule has 0 bridgehead atoms. The van der Waals surface area contributed by atoms with E-state index in [1.54, 1.807) is 25.5 Å².